The zero-order valence-corrected chi connectivity index (χ0v) is 14.5. The van der Waals surface area contributed by atoms with Gasteiger partial charge in [0.05, 0.1) is 0 Å². The van der Waals surface area contributed by atoms with E-state index in [1.807, 2.05) is 46.1 Å². The molecule has 126 valence electrons. The number of hydrogen-bond donors (Lipinski definition) is 2. The van der Waals surface area contributed by atoms with Gasteiger partial charge in [0.25, 0.3) is 0 Å². The molecular weight excluding hydrogens is 290 g/mol. The van der Waals surface area contributed by atoms with Gasteiger partial charge in [-0.1, -0.05) is 18.2 Å². The summed E-state index contributed by atoms with van der Waals surface area (Å²) in [7, 11) is 4.00. The second kappa shape index (κ2) is 7.13. The smallest absolute Gasteiger partial charge is 0.240 e. The second-order valence-corrected chi connectivity index (χ2v) is 6.72. The first-order valence-corrected chi connectivity index (χ1v) is 8.17. The lowest BCUT2D eigenvalue weighted by molar-refractivity contribution is -0.134. The van der Waals surface area contributed by atoms with Crippen LogP contribution in [-0.2, 0) is 9.59 Å². The Morgan fingerprint density at radius 2 is 1.74 bits per heavy atom. The lowest BCUT2D eigenvalue weighted by Crippen LogP contribution is -2.41. The molecule has 2 amide bonds. The summed E-state index contributed by atoms with van der Waals surface area (Å²) in [4.78, 5) is 27.1. The van der Waals surface area contributed by atoms with Crippen LogP contribution in [0.25, 0.3) is 0 Å². The van der Waals surface area contributed by atoms with Crippen molar-refractivity contribution < 1.29 is 9.59 Å². The van der Waals surface area contributed by atoms with E-state index < -0.39 is 5.41 Å². The highest BCUT2D eigenvalue weighted by molar-refractivity contribution is 6.13. The van der Waals surface area contributed by atoms with Crippen molar-refractivity contribution in [3.63, 3.8) is 0 Å². The molecule has 1 saturated carbocycles. The molecule has 1 fully saturated rings. The van der Waals surface area contributed by atoms with Crippen LogP contribution in [0.5, 0.6) is 0 Å². The molecule has 1 aromatic carbocycles. The summed E-state index contributed by atoms with van der Waals surface area (Å²) < 4.78 is 0. The van der Waals surface area contributed by atoms with Crippen LogP contribution in [-0.4, -0.2) is 43.9 Å². The van der Waals surface area contributed by atoms with Gasteiger partial charge in [0, 0.05) is 12.2 Å². The van der Waals surface area contributed by atoms with Gasteiger partial charge in [-0.3, -0.25) is 9.59 Å². The molecule has 2 N–H and O–H groups in total. The maximum absolute atomic E-state index is 12.6. The first-order valence-electron chi connectivity index (χ1n) is 8.17. The molecule has 0 unspecified atom stereocenters. The molecule has 1 aliphatic rings. The minimum atomic E-state index is -0.868. The molecule has 5 nitrogen and oxygen atoms in total. The summed E-state index contributed by atoms with van der Waals surface area (Å²) >= 11 is 0. The number of amides is 2. The molecule has 0 aromatic heterocycles. The lowest BCUT2D eigenvalue weighted by Gasteiger charge is -2.18. The lowest BCUT2D eigenvalue weighted by atomic mass is 10.0. The summed E-state index contributed by atoms with van der Waals surface area (Å²) in [6.45, 7) is 5.45. The molecule has 0 bridgehead atoms. The predicted molar refractivity (Wildman–Crippen MR) is 92.4 cm³/mol. The summed E-state index contributed by atoms with van der Waals surface area (Å²) in [5.41, 5.74) is 1.98. The van der Waals surface area contributed by atoms with Gasteiger partial charge in [-0.25, -0.2) is 0 Å². The number of para-hydroxylation sites is 1. The van der Waals surface area contributed by atoms with E-state index in [1.54, 1.807) is 0 Å². The molecule has 0 aliphatic heterocycles. The van der Waals surface area contributed by atoms with Gasteiger partial charge in [-0.2, -0.15) is 0 Å². The Balaban J connectivity index is 1.94. The van der Waals surface area contributed by atoms with E-state index in [4.69, 9.17) is 0 Å². The van der Waals surface area contributed by atoms with Crippen molar-refractivity contribution in [3.05, 3.63) is 29.3 Å². The van der Waals surface area contributed by atoms with Crippen LogP contribution in [0.15, 0.2) is 18.2 Å². The Labute approximate surface area is 138 Å². The number of aryl methyl sites for hydroxylation is 2. The van der Waals surface area contributed by atoms with Crippen LogP contribution in [0.3, 0.4) is 0 Å². The molecule has 5 heteroatoms. The van der Waals surface area contributed by atoms with Crippen LogP contribution in [0, 0.1) is 19.3 Å². The van der Waals surface area contributed by atoms with Crippen molar-refractivity contribution in [1.82, 2.24) is 10.2 Å². The monoisotopic (exact) mass is 317 g/mol. The third-order valence-corrected chi connectivity index (χ3v) is 4.41. The highest BCUT2D eigenvalue weighted by Crippen LogP contribution is 2.47. The summed E-state index contributed by atoms with van der Waals surface area (Å²) in [5, 5.41) is 5.87. The zero-order chi connectivity index (χ0) is 17.0. The molecule has 2 rings (SSSR count). The van der Waals surface area contributed by atoms with Crippen molar-refractivity contribution in [3.8, 4) is 0 Å². The van der Waals surface area contributed by atoms with Gasteiger partial charge in [-0.15, -0.1) is 0 Å². The number of nitrogens with zero attached hydrogens (tertiary/aromatic N) is 1. The number of anilines is 1. The van der Waals surface area contributed by atoms with E-state index in [1.165, 1.54) is 0 Å². The van der Waals surface area contributed by atoms with E-state index in [0.29, 0.717) is 19.4 Å². The third kappa shape index (κ3) is 4.10. The normalized spacial score (nSPS) is 15.3. The SMILES string of the molecule is Cc1cccc(C)c1NC(=O)C1(C(=O)NCCCN(C)C)CC1. The first-order chi connectivity index (χ1) is 10.9. The second-order valence-electron chi connectivity index (χ2n) is 6.72. The molecule has 0 spiro atoms. The van der Waals surface area contributed by atoms with Crippen molar-refractivity contribution in [2.75, 3.05) is 32.5 Å². The Bertz CT molecular complexity index is 572. The fourth-order valence-corrected chi connectivity index (χ4v) is 2.69. The van der Waals surface area contributed by atoms with E-state index in [9.17, 15) is 9.59 Å². The quantitative estimate of drug-likeness (QED) is 0.598. The molecule has 0 radical (unpaired) electrons. The molecule has 1 aliphatic carbocycles. The van der Waals surface area contributed by atoms with Crippen molar-refractivity contribution in [2.24, 2.45) is 5.41 Å². The maximum Gasteiger partial charge on any atom is 0.240 e. The minimum Gasteiger partial charge on any atom is -0.355 e. The number of benzene rings is 1. The van der Waals surface area contributed by atoms with Crippen LogP contribution in [0.4, 0.5) is 5.69 Å². The molecular formula is C18H27N3O2. The minimum absolute atomic E-state index is 0.139. The Morgan fingerprint density at radius 1 is 1.13 bits per heavy atom. The highest BCUT2D eigenvalue weighted by atomic mass is 16.2. The largest absolute Gasteiger partial charge is 0.355 e. The van der Waals surface area contributed by atoms with E-state index in [2.05, 4.69) is 15.5 Å². The van der Waals surface area contributed by atoms with E-state index in [0.717, 1.165) is 29.8 Å². The molecule has 0 saturated heterocycles. The fraction of sp³-hybridized carbons (Fsp3) is 0.556. The summed E-state index contributed by atoms with van der Waals surface area (Å²) in [6.07, 6.45) is 2.14. The van der Waals surface area contributed by atoms with Gasteiger partial charge in [0.2, 0.25) is 11.8 Å². The Kier molecular flexibility index (Phi) is 5.42. The van der Waals surface area contributed by atoms with Crippen molar-refractivity contribution >= 4 is 17.5 Å². The fourth-order valence-electron chi connectivity index (χ4n) is 2.69. The molecule has 0 atom stereocenters. The average molecular weight is 317 g/mol. The standard InChI is InChI=1S/C18H27N3O2/c1-13-7-5-8-14(2)15(13)20-17(23)18(9-10-18)16(22)19-11-6-12-21(3)4/h5,7-8H,6,9-12H2,1-4H3,(H,19,22)(H,20,23). The Hall–Kier alpha value is -1.88. The number of rotatable bonds is 7. The number of nitrogens with one attached hydrogen (secondary N) is 2. The van der Waals surface area contributed by atoms with Gasteiger partial charge in [-0.05, 0) is 64.9 Å². The van der Waals surface area contributed by atoms with Crippen molar-refractivity contribution in [2.45, 2.75) is 33.1 Å². The first kappa shape index (κ1) is 17.5. The van der Waals surface area contributed by atoms with Gasteiger partial charge in [0.1, 0.15) is 5.41 Å². The van der Waals surface area contributed by atoms with Crippen molar-refractivity contribution in [1.29, 1.82) is 0 Å². The van der Waals surface area contributed by atoms with Crippen LogP contribution in [0.2, 0.25) is 0 Å². The van der Waals surface area contributed by atoms with E-state index >= 15 is 0 Å². The van der Waals surface area contributed by atoms with Crippen LogP contribution < -0.4 is 10.6 Å². The molecule has 23 heavy (non-hydrogen) atoms. The summed E-state index contributed by atoms with van der Waals surface area (Å²) in [5.74, 6) is -0.319. The van der Waals surface area contributed by atoms with Crippen LogP contribution in [0.1, 0.15) is 30.4 Å². The zero-order valence-electron chi connectivity index (χ0n) is 14.5. The third-order valence-electron chi connectivity index (χ3n) is 4.41. The molecule has 0 heterocycles. The molecule has 1 aromatic rings. The highest BCUT2D eigenvalue weighted by Gasteiger charge is 2.56. The van der Waals surface area contributed by atoms with E-state index in [-0.39, 0.29) is 11.8 Å². The Morgan fingerprint density at radius 3 is 2.26 bits per heavy atom. The summed E-state index contributed by atoms with van der Waals surface area (Å²) in [6, 6.07) is 5.89. The predicted octanol–water partition coefficient (Wildman–Crippen LogP) is 2.09. The van der Waals surface area contributed by atoms with Gasteiger partial charge >= 0.3 is 0 Å². The van der Waals surface area contributed by atoms with Gasteiger partial charge in [0.15, 0.2) is 0 Å². The maximum atomic E-state index is 12.6. The van der Waals surface area contributed by atoms with Gasteiger partial charge < -0.3 is 15.5 Å². The topological polar surface area (TPSA) is 61.4 Å². The van der Waals surface area contributed by atoms with Crippen LogP contribution >= 0.6 is 0 Å². The number of hydrogen-bond acceptors (Lipinski definition) is 3. The number of carbonyl (C=O) groups is 2. The number of carbonyl (C=O) groups excluding carboxylic acids is 2. The average Bonchev–Trinajstić information content (AvgIpc) is 3.29.